The lowest BCUT2D eigenvalue weighted by atomic mass is 10.0. The fourth-order valence-corrected chi connectivity index (χ4v) is 3.51. The topological polar surface area (TPSA) is 27.0 Å². The van der Waals surface area contributed by atoms with Gasteiger partial charge < -0.3 is 4.90 Å². The van der Waals surface area contributed by atoms with E-state index in [2.05, 4.69) is 11.0 Å². The Morgan fingerprint density at radius 2 is 1.88 bits per heavy atom. The molecule has 2 unspecified atom stereocenters. The van der Waals surface area contributed by atoms with Crippen LogP contribution in [0.2, 0.25) is 5.02 Å². The lowest BCUT2D eigenvalue weighted by molar-refractivity contribution is 0.468. The van der Waals surface area contributed by atoms with Crippen molar-refractivity contribution >= 4 is 17.3 Å². The van der Waals surface area contributed by atoms with Crippen molar-refractivity contribution in [1.82, 2.24) is 0 Å². The third-order valence-electron chi connectivity index (χ3n) is 4.07. The third kappa shape index (κ3) is 1.79. The molecule has 0 spiro atoms. The van der Waals surface area contributed by atoms with Crippen LogP contribution in [0.5, 0.6) is 0 Å². The molecule has 2 saturated heterocycles. The Balaban J connectivity index is 1.95. The standard InChI is InChI=1S/C14H15ClN2/c15-14-8-13(5-4-10(14)9-16)17-11-2-1-3-12(17)7-6-11/h4-5,8,11-12H,1-3,6-7H2. The van der Waals surface area contributed by atoms with Crippen molar-refractivity contribution in [3.05, 3.63) is 28.8 Å². The number of anilines is 1. The molecule has 0 aliphatic carbocycles. The van der Waals surface area contributed by atoms with Gasteiger partial charge in [0.25, 0.3) is 0 Å². The molecule has 2 fully saturated rings. The van der Waals surface area contributed by atoms with Crippen LogP contribution in [0.1, 0.15) is 37.7 Å². The molecule has 3 heteroatoms. The number of piperidine rings is 1. The van der Waals surface area contributed by atoms with Crippen LogP contribution in [-0.4, -0.2) is 12.1 Å². The van der Waals surface area contributed by atoms with Crippen molar-refractivity contribution < 1.29 is 0 Å². The van der Waals surface area contributed by atoms with E-state index >= 15 is 0 Å². The molecule has 0 amide bonds. The van der Waals surface area contributed by atoms with Gasteiger partial charge in [-0.2, -0.15) is 5.26 Å². The van der Waals surface area contributed by atoms with Crippen molar-refractivity contribution in [2.75, 3.05) is 4.90 Å². The maximum atomic E-state index is 8.89. The first-order valence-electron chi connectivity index (χ1n) is 6.27. The second-order valence-corrected chi connectivity index (χ2v) is 5.41. The van der Waals surface area contributed by atoms with Crippen LogP contribution in [0.15, 0.2) is 18.2 Å². The van der Waals surface area contributed by atoms with Crippen LogP contribution < -0.4 is 4.90 Å². The van der Waals surface area contributed by atoms with E-state index in [1.54, 1.807) is 0 Å². The fraction of sp³-hybridized carbons (Fsp3) is 0.500. The number of nitriles is 1. The summed E-state index contributed by atoms with van der Waals surface area (Å²) >= 11 is 6.12. The van der Waals surface area contributed by atoms with Gasteiger partial charge in [0.05, 0.1) is 10.6 Å². The fourth-order valence-electron chi connectivity index (χ4n) is 3.29. The first-order valence-corrected chi connectivity index (χ1v) is 6.65. The number of nitrogens with zero attached hydrogens (tertiary/aromatic N) is 2. The molecule has 2 bridgehead atoms. The summed E-state index contributed by atoms with van der Waals surface area (Å²) in [5, 5.41) is 9.47. The molecule has 3 rings (SSSR count). The van der Waals surface area contributed by atoms with Crippen LogP contribution in [0.25, 0.3) is 0 Å². The summed E-state index contributed by atoms with van der Waals surface area (Å²) in [4.78, 5) is 2.52. The van der Waals surface area contributed by atoms with E-state index in [1.165, 1.54) is 37.8 Å². The number of fused-ring (bicyclic) bond motifs is 2. The second kappa shape index (κ2) is 4.23. The molecular weight excluding hydrogens is 232 g/mol. The van der Waals surface area contributed by atoms with Crippen molar-refractivity contribution in [2.45, 2.75) is 44.2 Å². The molecule has 1 aromatic rings. The summed E-state index contributed by atoms with van der Waals surface area (Å²) in [6, 6.07) is 9.33. The first kappa shape index (κ1) is 10.9. The normalized spacial score (nSPS) is 26.9. The Bertz CT molecular complexity index is 462. The van der Waals surface area contributed by atoms with Crippen LogP contribution >= 0.6 is 11.6 Å². The predicted molar refractivity (Wildman–Crippen MR) is 69.3 cm³/mol. The second-order valence-electron chi connectivity index (χ2n) is 5.00. The number of benzene rings is 1. The highest BCUT2D eigenvalue weighted by molar-refractivity contribution is 6.32. The van der Waals surface area contributed by atoms with Gasteiger partial charge in [0.15, 0.2) is 0 Å². The van der Waals surface area contributed by atoms with Gasteiger partial charge >= 0.3 is 0 Å². The molecule has 0 saturated carbocycles. The van der Waals surface area contributed by atoms with Crippen molar-refractivity contribution in [2.24, 2.45) is 0 Å². The monoisotopic (exact) mass is 246 g/mol. The van der Waals surface area contributed by atoms with E-state index in [-0.39, 0.29) is 0 Å². The third-order valence-corrected chi connectivity index (χ3v) is 4.38. The van der Waals surface area contributed by atoms with E-state index in [0.29, 0.717) is 22.7 Å². The summed E-state index contributed by atoms with van der Waals surface area (Å²) in [5.41, 5.74) is 1.76. The zero-order valence-electron chi connectivity index (χ0n) is 9.69. The maximum absolute atomic E-state index is 8.89. The Hall–Kier alpha value is -1.20. The van der Waals surface area contributed by atoms with E-state index in [4.69, 9.17) is 16.9 Å². The summed E-state index contributed by atoms with van der Waals surface area (Å²) in [6.45, 7) is 0. The summed E-state index contributed by atoms with van der Waals surface area (Å²) in [5.74, 6) is 0. The molecule has 2 heterocycles. The molecule has 0 radical (unpaired) electrons. The van der Waals surface area contributed by atoms with Gasteiger partial charge in [0, 0.05) is 17.8 Å². The SMILES string of the molecule is N#Cc1ccc(N2C3CCCC2CC3)cc1Cl. The minimum atomic E-state index is 0.569. The summed E-state index contributed by atoms with van der Waals surface area (Å²) in [7, 11) is 0. The van der Waals surface area contributed by atoms with Gasteiger partial charge in [0.2, 0.25) is 0 Å². The lowest BCUT2D eigenvalue weighted by Gasteiger charge is -2.37. The Morgan fingerprint density at radius 3 is 2.47 bits per heavy atom. The first-order chi connectivity index (χ1) is 8.29. The molecule has 2 nitrogen and oxygen atoms in total. The van der Waals surface area contributed by atoms with Crippen LogP contribution in [-0.2, 0) is 0 Å². The van der Waals surface area contributed by atoms with Gasteiger partial charge in [-0.3, -0.25) is 0 Å². The summed E-state index contributed by atoms with van der Waals surface area (Å²) < 4.78 is 0. The molecular formula is C14H15ClN2. The van der Waals surface area contributed by atoms with Gasteiger partial charge in [-0.1, -0.05) is 11.6 Å². The zero-order valence-corrected chi connectivity index (χ0v) is 10.5. The number of rotatable bonds is 1. The number of hydrogen-bond acceptors (Lipinski definition) is 2. The number of halogens is 1. The Labute approximate surface area is 107 Å². The average Bonchev–Trinajstić information content (AvgIpc) is 2.59. The van der Waals surface area contributed by atoms with Gasteiger partial charge in [-0.05, 0) is 50.3 Å². The van der Waals surface area contributed by atoms with Gasteiger partial charge in [0.1, 0.15) is 6.07 Å². The number of hydrogen-bond donors (Lipinski definition) is 0. The highest BCUT2D eigenvalue weighted by atomic mass is 35.5. The van der Waals surface area contributed by atoms with Crippen molar-refractivity contribution in [1.29, 1.82) is 5.26 Å². The van der Waals surface area contributed by atoms with Gasteiger partial charge in [-0.25, -0.2) is 0 Å². The lowest BCUT2D eigenvalue weighted by Crippen LogP contribution is -2.39. The molecule has 17 heavy (non-hydrogen) atoms. The highest BCUT2D eigenvalue weighted by Crippen LogP contribution is 2.40. The van der Waals surface area contributed by atoms with Crippen molar-refractivity contribution in [3.63, 3.8) is 0 Å². The molecule has 0 aromatic heterocycles. The molecule has 2 aliphatic heterocycles. The van der Waals surface area contributed by atoms with Crippen LogP contribution in [0, 0.1) is 11.3 Å². The molecule has 2 aliphatic rings. The van der Waals surface area contributed by atoms with Crippen LogP contribution in [0.4, 0.5) is 5.69 Å². The average molecular weight is 247 g/mol. The molecule has 2 atom stereocenters. The molecule has 88 valence electrons. The highest BCUT2D eigenvalue weighted by Gasteiger charge is 2.36. The largest absolute Gasteiger partial charge is 0.366 e. The Kier molecular flexibility index (Phi) is 2.72. The maximum Gasteiger partial charge on any atom is 0.101 e. The minimum Gasteiger partial charge on any atom is -0.366 e. The Morgan fingerprint density at radius 1 is 1.18 bits per heavy atom. The van der Waals surface area contributed by atoms with Gasteiger partial charge in [-0.15, -0.1) is 0 Å². The smallest absolute Gasteiger partial charge is 0.101 e. The van der Waals surface area contributed by atoms with E-state index in [9.17, 15) is 0 Å². The predicted octanol–water partition coefficient (Wildman–Crippen LogP) is 3.73. The molecule has 0 N–H and O–H groups in total. The van der Waals surface area contributed by atoms with E-state index < -0.39 is 0 Å². The quantitative estimate of drug-likeness (QED) is 0.755. The zero-order chi connectivity index (χ0) is 11.8. The van der Waals surface area contributed by atoms with Crippen LogP contribution in [0.3, 0.4) is 0 Å². The van der Waals surface area contributed by atoms with Crippen molar-refractivity contribution in [3.8, 4) is 6.07 Å². The minimum absolute atomic E-state index is 0.569. The van der Waals surface area contributed by atoms with E-state index in [1.807, 2.05) is 18.2 Å². The molecule has 1 aromatic carbocycles. The van der Waals surface area contributed by atoms with E-state index in [0.717, 1.165) is 0 Å². The summed E-state index contributed by atoms with van der Waals surface area (Å²) in [6.07, 6.45) is 6.57.